The molecule has 0 N–H and O–H groups in total. The summed E-state index contributed by atoms with van der Waals surface area (Å²) in [6.07, 6.45) is -7.83. The van der Waals surface area contributed by atoms with Gasteiger partial charge in [0.15, 0.2) is 0 Å². The van der Waals surface area contributed by atoms with E-state index in [-0.39, 0.29) is 0 Å². The molecule has 0 aliphatic heterocycles. The van der Waals surface area contributed by atoms with E-state index in [9.17, 15) is 17.6 Å². The first kappa shape index (κ1) is 8.28. The maximum Gasteiger partial charge on any atom is 0.431 e. The molecule has 0 amide bonds. The van der Waals surface area contributed by atoms with E-state index in [1.54, 1.807) is 0 Å². The quantitative estimate of drug-likeness (QED) is 0.356. The van der Waals surface area contributed by atoms with E-state index in [0.29, 0.717) is 0 Å². The molecule has 0 saturated heterocycles. The molecule has 0 aliphatic rings. The lowest BCUT2D eigenvalue weighted by Gasteiger charge is -2.03. The second-order valence-corrected chi connectivity index (χ2v) is 1.30. The van der Waals surface area contributed by atoms with Crippen LogP contribution in [0.3, 0.4) is 0 Å². The van der Waals surface area contributed by atoms with Crippen LogP contribution < -0.4 is 0 Å². The Kier molecular flexibility index (Phi) is 2.50. The monoisotopic (exact) mass is 140 g/mol. The van der Waals surface area contributed by atoms with Gasteiger partial charge in [-0.1, -0.05) is 5.92 Å². The third-order valence-electron chi connectivity index (χ3n) is 0.558. The summed E-state index contributed by atoms with van der Waals surface area (Å²) in [7, 11) is 0. The van der Waals surface area contributed by atoms with Gasteiger partial charge in [0.2, 0.25) is 0 Å². The van der Waals surface area contributed by atoms with E-state index >= 15 is 0 Å². The zero-order valence-corrected chi connectivity index (χ0v) is 4.59. The topological polar surface area (TPSA) is 0 Å². The van der Waals surface area contributed by atoms with Gasteiger partial charge in [-0.05, 0) is 6.92 Å². The molecule has 0 aromatic heterocycles. The van der Waals surface area contributed by atoms with Gasteiger partial charge in [-0.2, -0.15) is 13.2 Å². The average Bonchev–Trinajstić information content (AvgIpc) is 1.64. The van der Waals surface area contributed by atoms with Crippen molar-refractivity contribution in [1.82, 2.24) is 0 Å². The smallest absolute Gasteiger partial charge is 0.223 e. The largest absolute Gasteiger partial charge is 0.431 e. The second kappa shape index (κ2) is 2.72. The highest BCUT2D eigenvalue weighted by atomic mass is 19.4. The second-order valence-electron chi connectivity index (χ2n) is 1.30. The molecule has 1 unspecified atom stereocenters. The van der Waals surface area contributed by atoms with E-state index < -0.39 is 12.3 Å². The molecular weight excluding hydrogens is 136 g/mol. The minimum absolute atomic E-state index is 1.15. The highest BCUT2D eigenvalue weighted by molar-refractivity contribution is 5.04. The van der Waals surface area contributed by atoms with Crippen LogP contribution in [0.1, 0.15) is 6.92 Å². The van der Waals surface area contributed by atoms with Crippen molar-refractivity contribution in [1.29, 1.82) is 0 Å². The molecule has 0 spiro atoms. The Balaban J connectivity index is 3.99. The van der Waals surface area contributed by atoms with Crippen molar-refractivity contribution in [3.8, 4) is 11.8 Å². The van der Waals surface area contributed by atoms with Crippen LogP contribution in [0.4, 0.5) is 17.6 Å². The molecular formula is C5H4F4. The Hall–Kier alpha value is -0.720. The fourth-order valence-corrected chi connectivity index (χ4v) is 0.209. The summed E-state index contributed by atoms with van der Waals surface area (Å²) in [4.78, 5) is 0. The number of halogens is 4. The molecule has 0 heterocycles. The van der Waals surface area contributed by atoms with Gasteiger partial charge >= 0.3 is 6.18 Å². The maximum absolute atomic E-state index is 11.6. The predicted molar refractivity (Wildman–Crippen MR) is 24.4 cm³/mol. The van der Waals surface area contributed by atoms with Crippen molar-refractivity contribution in [3.63, 3.8) is 0 Å². The molecule has 0 bridgehead atoms. The molecule has 0 aromatic rings. The zero-order valence-electron chi connectivity index (χ0n) is 4.59. The van der Waals surface area contributed by atoms with Crippen molar-refractivity contribution in [2.24, 2.45) is 0 Å². The summed E-state index contributed by atoms with van der Waals surface area (Å²) in [5.74, 6) is 3.17. The molecule has 0 rings (SSSR count). The third-order valence-corrected chi connectivity index (χ3v) is 0.558. The summed E-state index contributed by atoms with van der Waals surface area (Å²) in [5.41, 5.74) is 0. The van der Waals surface area contributed by atoms with Gasteiger partial charge in [0.25, 0.3) is 6.17 Å². The summed E-state index contributed by atoms with van der Waals surface area (Å²) < 4.78 is 45.1. The molecule has 0 saturated carbocycles. The molecule has 0 aromatic carbocycles. The Morgan fingerprint density at radius 3 is 1.89 bits per heavy atom. The molecule has 0 fully saturated rings. The van der Waals surface area contributed by atoms with Gasteiger partial charge in [-0.25, -0.2) is 4.39 Å². The summed E-state index contributed by atoms with van der Waals surface area (Å²) in [5, 5.41) is 0. The molecule has 9 heavy (non-hydrogen) atoms. The first-order valence-electron chi connectivity index (χ1n) is 2.11. The standard InChI is InChI=1S/C5H4F4/c1-2-3-4(6)5(7,8)9/h4H,1H3. The summed E-state index contributed by atoms with van der Waals surface area (Å²) in [6.45, 7) is 1.15. The molecule has 0 radical (unpaired) electrons. The fourth-order valence-electron chi connectivity index (χ4n) is 0.209. The first-order chi connectivity index (χ1) is 3.98. The lowest BCUT2D eigenvalue weighted by Crippen LogP contribution is -2.22. The number of alkyl halides is 4. The van der Waals surface area contributed by atoms with E-state index in [1.165, 1.54) is 5.92 Å². The van der Waals surface area contributed by atoms with Gasteiger partial charge < -0.3 is 0 Å². The number of rotatable bonds is 0. The summed E-state index contributed by atoms with van der Waals surface area (Å²) in [6, 6.07) is 0. The fraction of sp³-hybridized carbons (Fsp3) is 0.600. The third kappa shape index (κ3) is 2.96. The van der Waals surface area contributed by atoms with Crippen molar-refractivity contribution < 1.29 is 17.6 Å². The number of hydrogen-bond donors (Lipinski definition) is 0. The summed E-state index contributed by atoms with van der Waals surface area (Å²) >= 11 is 0. The Labute approximate surface area is 49.9 Å². The van der Waals surface area contributed by atoms with E-state index in [0.717, 1.165) is 6.92 Å². The van der Waals surface area contributed by atoms with Gasteiger partial charge in [0, 0.05) is 0 Å². The van der Waals surface area contributed by atoms with Crippen LogP contribution >= 0.6 is 0 Å². The van der Waals surface area contributed by atoms with Gasteiger partial charge in [-0.3, -0.25) is 0 Å². The Morgan fingerprint density at radius 1 is 1.33 bits per heavy atom. The van der Waals surface area contributed by atoms with Crippen LogP contribution in [-0.2, 0) is 0 Å². The van der Waals surface area contributed by atoms with Gasteiger partial charge in [-0.15, -0.1) is 5.92 Å². The van der Waals surface area contributed by atoms with Crippen molar-refractivity contribution in [3.05, 3.63) is 0 Å². The highest BCUT2D eigenvalue weighted by Gasteiger charge is 2.38. The lowest BCUT2D eigenvalue weighted by atomic mass is 10.4. The van der Waals surface area contributed by atoms with E-state index in [4.69, 9.17) is 0 Å². The molecule has 0 nitrogen and oxygen atoms in total. The van der Waals surface area contributed by atoms with Crippen molar-refractivity contribution >= 4 is 0 Å². The highest BCUT2D eigenvalue weighted by Crippen LogP contribution is 2.21. The average molecular weight is 140 g/mol. The number of hydrogen-bond acceptors (Lipinski definition) is 0. The lowest BCUT2D eigenvalue weighted by molar-refractivity contribution is -0.163. The normalized spacial score (nSPS) is 13.9. The van der Waals surface area contributed by atoms with Crippen LogP contribution in [0.2, 0.25) is 0 Å². The SMILES string of the molecule is CC#CC(F)C(F)(F)F. The molecule has 4 heteroatoms. The Bertz CT molecular complexity index is 135. The van der Waals surface area contributed by atoms with Crippen LogP contribution in [-0.4, -0.2) is 12.3 Å². The van der Waals surface area contributed by atoms with Gasteiger partial charge in [0.05, 0.1) is 0 Å². The van der Waals surface area contributed by atoms with E-state index in [2.05, 4.69) is 0 Å². The Morgan fingerprint density at radius 2 is 1.78 bits per heavy atom. The first-order valence-corrected chi connectivity index (χ1v) is 2.11. The minimum Gasteiger partial charge on any atom is -0.223 e. The van der Waals surface area contributed by atoms with E-state index in [1.807, 2.05) is 5.92 Å². The van der Waals surface area contributed by atoms with Crippen molar-refractivity contribution in [2.45, 2.75) is 19.3 Å². The molecule has 1 atom stereocenters. The van der Waals surface area contributed by atoms with Crippen LogP contribution in [0.25, 0.3) is 0 Å². The zero-order chi connectivity index (χ0) is 7.49. The van der Waals surface area contributed by atoms with Gasteiger partial charge in [0.1, 0.15) is 0 Å². The molecule has 0 aliphatic carbocycles. The maximum atomic E-state index is 11.6. The van der Waals surface area contributed by atoms with Crippen LogP contribution in [0.5, 0.6) is 0 Å². The minimum atomic E-state index is -4.83. The molecule has 52 valence electrons. The predicted octanol–water partition coefficient (Wildman–Crippen LogP) is 1.91. The van der Waals surface area contributed by atoms with Crippen LogP contribution in [0, 0.1) is 11.8 Å². The van der Waals surface area contributed by atoms with Crippen LogP contribution in [0.15, 0.2) is 0 Å². The van der Waals surface area contributed by atoms with Crippen molar-refractivity contribution in [2.75, 3.05) is 0 Å².